The van der Waals surface area contributed by atoms with Gasteiger partial charge < -0.3 is 14.8 Å². The fourth-order valence-electron chi connectivity index (χ4n) is 2.08. The smallest absolute Gasteiger partial charge is 0.338 e. The number of amides is 2. The number of carbonyl (C=O) groups is 3. The lowest BCUT2D eigenvalue weighted by Gasteiger charge is -2.15. The van der Waals surface area contributed by atoms with Crippen molar-refractivity contribution in [3.63, 3.8) is 0 Å². The molecular formula is C17H20N2O5S2. The topological polar surface area (TPSA) is 84.9 Å². The number of esters is 1. The van der Waals surface area contributed by atoms with E-state index in [9.17, 15) is 14.4 Å². The first-order chi connectivity index (χ1) is 12.5. The van der Waals surface area contributed by atoms with Crippen LogP contribution in [0.3, 0.4) is 0 Å². The van der Waals surface area contributed by atoms with E-state index in [-0.39, 0.29) is 19.1 Å². The average Bonchev–Trinajstić information content (AvgIpc) is 2.97. The van der Waals surface area contributed by atoms with E-state index in [1.54, 1.807) is 24.3 Å². The third-order valence-electron chi connectivity index (χ3n) is 3.40. The molecule has 0 radical (unpaired) electrons. The summed E-state index contributed by atoms with van der Waals surface area (Å²) in [6, 6.07) is 6.53. The lowest BCUT2D eigenvalue weighted by molar-refractivity contribution is -0.126. The maximum absolute atomic E-state index is 11.9. The Bertz CT molecular complexity index is 662. The van der Waals surface area contributed by atoms with Gasteiger partial charge in [0, 0.05) is 13.1 Å². The number of thioether (sulfide) groups is 1. The molecule has 2 amide bonds. The molecule has 1 aliphatic heterocycles. The lowest BCUT2D eigenvalue weighted by atomic mass is 10.2. The van der Waals surface area contributed by atoms with Crippen LogP contribution < -0.4 is 10.1 Å². The number of nitrogens with zero attached hydrogens (tertiary/aromatic N) is 1. The van der Waals surface area contributed by atoms with Crippen molar-refractivity contribution in [2.24, 2.45) is 0 Å². The number of hydrogen-bond acceptors (Lipinski definition) is 7. The quantitative estimate of drug-likeness (QED) is 0.501. The molecule has 1 aromatic carbocycles. The highest BCUT2D eigenvalue weighted by atomic mass is 32.2. The fourth-order valence-corrected chi connectivity index (χ4v) is 3.20. The molecule has 1 N–H and O–H groups in total. The SMILES string of the molecule is CCCOc1ccc(C(=O)OCC(=O)NCCN2C(=O)CSC2=S)cc1. The standard InChI is InChI=1S/C17H20N2O5S2/c1-2-9-23-13-5-3-12(4-6-13)16(22)24-10-14(20)18-7-8-19-15(21)11-26-17(19)25/h3-6H,2,7-11H2,1H3,(H,18,20). The third-order valence-corrected chi connectivity index (χ3v) is 4.83. The maximum Gasteiger partial charge on any atom is 0.338 e. The van der Waals surface area contributed by atoms with E-state index >= 15 is 0 Å². The molecule has 26 heavy (non-hydrogen) atoms. The van der Waals surface area contributed by atoms with Crippen molar-refractivity contribution in [1.29, 1.82) is 0 Å². The van der Waals surface area contributed by atoms with Gasteiger partial charge in [-0.05, 0) is 30.7 Å². The zero-order valence-corrected chi connectivity index (χ0v) is 16.0. The highest BCUT2D eigenvalue weighted by molar-refractivity contribution is 8.23. The molecule has 0 unspecified atom stereocenters. The van der Waals surface area contributed by atoms with Crippen molar-refractivity contribution in [3.05, 3.63) is 29.8 Å². The predicted molar refractivity (Wildman–Crippen MR) is 102 cm³/mol. The Morgan fingerprint density at radius 2 is 2.04 bits per heavy atom. The summed E-state index contributed by atoms with van der Waals surface area (Å²) in [6.07, 6.45) is 0.898. The minimum absolute atomic E-state index is 0.0629. The molecule has 0 bridgehead atoms. The molecule has 0 spiro atoms. The molecule has 0 aromatic heterocycles. The van der Waals surface area contributed by atoms with Crippen LogP contribution in [-0.2, 0) is 14.3 Å². The molecule has 1 aliphatic rings. The second-order valence-corrected chi connectivity index (χ2v) is 7.01. The van der Waals surface area contributed by atoms with E-state index in [1.165, 1.54) is 16.7 Å². The second-order valence-electron chi connectivity index (χ2n) is 5.40. The summed E-state index contributed by atoms with van der Waals surface area (Å²) in [5, 5.41) is 2.59. The van der Waals surface area contributed by atoms with E-state index < -0.39 is 11.9 Å². The van der Waals surface area contributed by atoms with Crippen LogP contribution in [0.25, 0.3) is 0 Å². The van der Waals surface area contributed by atoms with Crippen LogP contribution in [0.5, 0.6) is 5.75 Å². The van der Waals surface area contributed by atoms with Gasteiger partial charge in [0.25, 0.3) is 5.91 Å². The number of hydrogen-bond donors (Lipinski definition) is 1. The Balaban J connectivity index is 1.68. The van der Waals surface area contributed by atoms with Gasteiger partial charge in [0.05, 0.1) is 17.9 Å². The van der Waals surface area contributed by atoms with Gasteiger partial charge in [0.15, 0.2) is 6.61 Å². The Kier molecular flexibility index (Phi) is 7.86. The first-order valence-electron chi connectivity index (χ1n) is 8.15. The Labute approximate surface area is 161 Å². The number of ether oxygens (including phenoxy) is 2. The van der Waals surface area contributed by atoms with Crippen LogP contribution in [0, 0.1) is 0 Å². The molecule has 140 valence electrons. The predicted octanol–water partition coefficient (Wildman–Crippen LogP) is 1.61. The summed E-state index contributed by atoms with van der Waals surface area (Å²) >= 11 is 6.35. The molecular weight excluding hydrogens is 376 g/mol. The summed E-state index contributed by atoms with van der Waals surface area (Å²) < 4.78 is 10.9. The Hall–Kier alpha value is -2.13. The van der Waals surface area contributed by atoms with Gasteiger partial charge in [-0.25, -0.2) is 4.79 Å². The number of benzene rings is 1. The Morgan fingerprint density at radius 1 is 1.31 bits per heavy atom. The van der Waals surface area contributed by atoms with Crippen molar-refractivity contribution in [3.8, 4) is 5.75 Å². The number of thiocarbonyl (C=S) groups is 1. The van der Waals surface area contributed by atoms with Crippen molar-refractivity contribution in [1.82, 2.24) is 10.2 Å². The second kappa shape index (κ2) is 10.1. The van der Waals surface area contributed by atoms with E-state index in [1.807, 2.05) is 6.92 Å². The molecule has 1 heterocycles. The van der Waals surface area contributed by atoms with Crippen molar-refractivity contribution >= 4 is 46.1 Å². The molecule has 7 nitrogen and oxygen atoms in total. The molecule has 2 rings (SSSR count). The van der Waals surface area contributed by atoms with Crippen LogP contribution in [0.15, 0.2) is 24.3 Å². The molecule has 0 atom stereocenters. The van der Waals surface area contributed by atoms with Crippen LogP contribution in [-0.4, -0.2) is 59.1 Å². The Morgan fingerprint density at radius 3 is 2.65 bits per heavy atom. The van der Waals surface area contributed by atoms with Crippen LogP contribution in [0.4, 0.5) is 0 Å². The minimum Gasteiger partial charge on any atom is -0.494 e. The number of carbonyl (C=O) groups excluding carboxylic acids is 3. The molecule has 1 fully saturated rings. The van der Waals surface area contributed by atoms with Crippen LogP contribution >= 0.6 is 24.0 Å². The molecule has 0 aliphatic carbocycles. The maximum atomic E-state index is 11.9. The van der Waals surface area contributed by atoms with E-state index in [4.69, 9.17) is 21.7 Å². The van der Waals surface area contributed by atoms with Crippen LogP contribution in [0.2, 0.25) is 0 Å². The van der Waals surface area contributed by atoms with Gasteiger partial charge in [0.1, 0.15) is 10.1 Å². The van der Waals surface area contributed by atoms with Gasteiger partial charge in [-0.15, -0.1) is 0 Å². The third kappa shape index (κ3) is 5.99. The van der Waals surface area contributed by atoms with Crippen molar-refractivity contribution in [2.45, 2.75) is 13.3 Å². The van der Waals surface area contributed by atoms with Gasteiger partial charge in [-0.1, -0.05) is 30.9 Å². The molecule has 9 heteroatoms. The molecule has 1 saturated heterocycles. The summed E-state index contributed by atoms with van der Waals surface area (Å²) in [6.45, 7) is 2.78. The van der Waals surface area contributed by atoms with Gasteiger partial charge >= 0.3 is 5.97 Å². The van der Waals surface area contributed by atoms with Crippen molar-refractivity contribution < 1.29 is 23.9 Å². The number of nitrogens with one attached hydrogen (secondary N) is 1. The highest BCUT2D eigenvalue weighted by Crippen LogP contribution is 2.18. The molecule has 1 aromatic rings. The summed E-state index contributed by atoms with van der Waals surface area (Å²) in [4.78, 5) is 36.7. The average molecular weight is 396 g/mol. The van der Waals surface area contributed by atoms with E-state index in [0.717, 1.165) is 6.42 Å². The lowest BCUT2D eigenvalue weighted by Crippen LogP contribution is -2.38. The molecule has 0 saturated carbocycles. The fraction of sp³-hybridized carbons (Fsp3) is 0.412. The van der Waals surface area contributed by atoms with E-state index in [2.05, 4.69) is 5.32 Å². The highest BCUT2D eigenvalue weighted by Gasteiger charge is 2.25. The summed E-state index contributed by atoms with van der Waals surface area (Å²) in [7, 11) is 0. The van der Waals surface area contributed by atoms with Gasteiger partial charge in [-0.2, -0.15) is 0 Å². The zero-order valence-electron chi connectivity index (χ0n) is 14.4. The largest absolute Gasteiger partial charge is 0.494 e. The monoisotopic (exact) mass is 396 g/mol. The first-order valence-corrected chi connectivity index (χ1v) is 9.54. The first kappa shape index (κ1) is 20.2. The normalized spacial score (nSPS) is 13.7. The number of rotatable bonds is 9. The van der Waals surface area contributed by atoms with Crippen LogP contribution in [0.1, 0.15) is 23.7 Å². The van der Waals surface area contributed by atoms with E-state index in [0.29, 0.717) is 34.5 Å². The minimum atomic E-state index is -0.588. The van der Waals surface area contributed by atoms with Crippen molar-refractivity contribution in [2.75, 3.05) is 32.1 Å². The van der Waals surface area contributed by atoms with Gasteiger partial charge in [0.2, 0.25) is 5.91 Å². The summed E-state index contributed by atoms with van der Waals surface area (Å²) in [5.41, 5.74) is 0.340. The zero-order chi connectivity index (χ0) is 18.9. The summed E-state index contributed by atoms with van der Waals surface area (Å²) in [5.74, 6) is -0.0752. The van der Waals surface area contributed by atoms with Gasteiger partial charge in [-0.3, -0.25) is 14.5 Å².